The Morgan fingerprint density at radius 2 is 2.14 bits per heavy atom. The molecule has 7 nitrogen and oxygen atoms in total. The van der Waals surface area contributed by atoms with Crippen LogP contribution in [-0.2, 0) is 9.53 Å². The first-order valence-corrected chi connectivity index (χ1v) is 6.92. The summed E-state index contributed by atoms with van der Waals surface area (Å²) in [5.74, 6) is -0.204. The minimum atomic E-state index is -0.204. The van der Waals surface area contributed by atoms with Gasteiger partial charge in [0.2, 0.25) is 6.41 Å². The van der Waals surface area contributed by atoms with Gasteiger partial charge in [0.1, 0.15) is 5.69 Å². The van der Waals surface area contributed by atoms with Crippen molar-refractivity contribution < 1.29 is 14.3 Å². The van der Waals surface area contributed by atoms with Crippen molar-refractivity contribution in [3.63, 3.8) is 0 Å². The molecule has 1 fully saturated rings. The Balaban J connectivity index is 1.90. The number of aromatic nitrogens is 1. The molecule has 0 atom stereocenters. The van der Waals surface area contributed by atoms with Crippen molar-refractivity contribution in [3.05, 3.63) is 24.0 Å². The molecule has 1 N–H and O–H groups in total. The minimum Gasteiger partial charge on any atom is -0.383 e. The van der Waals surface area contributed by atoms with E-state index in [-0.39, 0.29) is 5.91 Å². The van der Waals surface area contributed by atoms with E-state index in [0.29, 0.717) is 31.9 Å². The largest absolute Gasteiger partial charge is 0.383 e. The fourth-order valence-corrected chi connectivity index (χ4v) is 2.15. The second kappa shape index (κ2) is 7.58. The second-order valence-electron chi connectivity index (χ2n) is 4.78. The molecular formula is C14H20N4O3. The molecule has 7 heteroatoms. The highest BCUT2D eigenvalue weighted by Gasteiger charge is 2.16. The molecule has 0 aliphatic carbocycles. The fraction of sp³-hybridized carbons (Fsp3) is 0.500. The molecule has 0 bridgehead atoms. The van der Waals surface area contributed by atoms with Crippen LogP contribution in [-0.4, -0.2) is 68.6 Å². The van der Waals surface area contributed by atoms with Gasteiger partial charge >= 0.3 is 0 Å². The highest BCUT2D eigenvalue weighted by Crippen LogP contribution is 2.15. The third-order valence-electron chi connectivity index (χ3n) is 3.40. The van der Waals surface area contributed by atoms with Gasteiger partial charge in [-0.1, -0.05) is 0 Å². The van der Waals surface area contributed by atoms with E-state index in [2.05, 4.69) is 15.2 Å². The molecule has 1 aliphatic heterocycles. The summed E-state index contributed by atoms with van der Waals surface area (Å²) in [5, 5.41) is 2.73. The third kappa shape index (κ3) is 4.16. The molecule has 0 radical (unpaired) electrons. The second-order valence-corrected chi connectivity index (χ2v) is 4.78. The summed E-state index contributed by atoms with van der Waals surface area (Å²) >= 11 is 0. The maximum Gasteiger partial charge on any atom is 0.269 e. The van der Waals surface area contributed by atoms with E-state index in [1.165, 1.54) is 0 Å². The number of anilines is 1. The number of nitrogens with one attached hydrogen (secondary N) is 1. The summed E-state index contributed by atoms with van der Waals surface area (Å²) in [6.07, 6.45) is 2.57. The Morgan fingerprint density at radius 3 is 2.71 bits per heavy atom. The van der Waals surface area contributed by atoms with Gasteiger partial charge in [0.05, 0.1) is 18.5 Å². The number of hydrogen-bond donors (Lipinski definition) is 1. The molecule has 0 saturated carbocycles. The monoisotopic (exact) mass is 292 g/mol. The van der Waals surface area contributed by atoms with E-state index in [0.717, 1.165) is 25.2 Å². The number of nitrogens with zero attached hydrogens (tertiary/aromatic N) is 3. The van der Waals surface area contributed by atoms with E-state index in [1.807, 2.05) is 6.07 Å². The molecular weight excluding hydrogens is 272 g/mol. The zero-order chi connectivity index (χ0) is 15.1. The molecule has 2 rings (SSSR count). The lowest BCUT2D eigenvalue weighted by Gasteiger charge is -2.33. The zero-order valence-electron chi connectivity index (χ0n) is 12.1. The molecule has 1 aliphatic rings. The molecule has 114 valence electrons. The van der Waals surface area contributed by atoms with Crippen LogP contribution in [0.25, 0.3) is 0 Å². The topological polar surface area (TPSA) is 74.8 Å². The molecule has 2 heterocycles. The first-order chi connectivity index (χ1) is 10.2. The zero-order valence-corrected chi connectivity index (χ0v) is 12.1. The van der Waals surface area contributed by atoms with Gasteiger partial charge < -0.3 is 19.9 Å². The number of rotatable bonds is 6. The van der Waals surface area contributed by atoms with Crippen LogP contribution >= 0.6 is 0 Å². The summed E-state index contributed by atoms with van der Waals surface area (Å²) in [7, 11) is 1.59. The van der Waals surface area contributed by atoms with Crippen LogP contribution in [0.5, 0.6) is 0 Å². The van der Waals surface area contributed by atoms with Gasteiger partial charge in [-0.2, -0.15) is 0 Å². The first-order valence-electron chi connectivity index (χ1n) is 6.92. The van der Waals surface area contributed by atoms with Crippen LogP contribution < -0.4 is 10.2 Å². The average molecular weight is 292 g/mol. The number of hydrogen-bond acceptors (Lipinski definition) is 5. The lowest BCUT2D eigenvalue weighted by atomic mass is 10.2. The Bertz CT molecular complexity index is 470. The molecule has 2 amide bonds. The van der Waals surface area contributed by atoms with Crippen molar-refractivity contribution in [2.45, 2.75) is 0 Å². The quantitative estimate of drug-likeness (QED) is 0.577. The normalized spacial score (nSPS) is 14.9. The Hall–Kier alpha value is -2.15. The van der Waals surface area contributed by atoms with Gasteiger partial charge in [-0.15, -0.1) is 0 Å². The summed E-state index contributed by atoms with van der Waals surface area (Å²) in [5.41, 5.74) is 1.36. The molecule has 0 spiro atoms. The molecule has 1 saturated heterocycles. The van der Waals surface area contributed by atoms with Crippen molar-refractivity contribution in [2.24, 2.45) is 0 Å². The standard InChI is InChI=1S/C14H20N4O3/c1-21-9-4-15-14(20)13-3-2-12(10-16-13)18-7-5-17(11-19)6-8-18/h2-3,10-11H,4-9H2,1H3,(H,15,20). The van der Waals surface area contributed by atoms with E-state index in [9.17, 15) is 9.59 Å². The van der Waals surface area contributed by atoms with Crippen LogP contribution in [0.4, 0.5) is 5.69 Å². The van der Waals surface area contributed by atoms with Gasteiger partial charge in [0.25, 0.3) is 5.91 Å². The number of carbonyl (C=O) groups excluding carboxylic acids is 2. The van der Waals surface area contributed by atoms with E-state index in [4.69, 9.17) is 4.74 Å². The lowest BCUT2D eigenvalue weighted by molar-refractivity contribution is -0.118. The summed E-state index contributed by atoms with van der Waals surface area (Å²) in [4.78, 5) is 30.6. The molecule has 1 aromatic rings. The first kappa shape index (κ1) is 15.2. The molecule has 21 heavy (non-hydrogen) atoms. The van der Waals surface area contributed by atoms with Gasteiger partial charge in [-0.05, 0) is 12.1 Å². The van der Waals surface area contributed by atoms with Crippen LogP contribution in [0, 0.1) is 0 Å². The summed E-state index contributed by atoms with van der Waals surface area (Å²) in [6.45, 7) is 3.92. The smallest absolute Gasteiger partial charge is 0.269 e. The van der Waals surface area contributed by atoms with Gasteiger partial charge in [0, 0.05) is 39.8 Å². The average Bonchev–Trinajstić information content (AvgIpc) is 2.55. The van der Waals surface area contributed by atoms with Crippen molar-refractivity contribution >= 4 is 18.0 Å². The third-order valence-corrected chi connectivity index (χ3v) is 3.40. The number of amides is 2. The van der Waals surface area contributed by atoms with Crippen LogP contribution in [0.15, 0.2) is 18.3 Å². The SMILES string of the molecule is COCCNC(=O)c1ccc(N2CCN(C=O)CC2)cn1. The lowest BCUT2D eigenvalue weighted by Crippen LogP contribution is -2.45. The van der Waals surface area contributed by atoms with Crippen molar-refractivity contribution in [3.8, 4) is 0 Å². The van der Waals surface area contributed by atoms with E-state index >= 15 is 0 Å². The predicted octanol–water partition coefficient (Wildman–Crippen LogP) is -0.264. The van der Waals surface area contributed by atoms with Crippen molar-refractivity contribution in [2.75, 3.05) is 51.3 Å². The van der Waals surface area contributed by atoms with Crippen molar-refractivity contribution in [1.29, 1.82) is 0 Å². The highest BCUT2D eigenvalue weighted by molar-refractivity contribution is 5.92. The number of piperazine rings is 1. The number of methoxy groups -OCH3 is 1. The number of ether oxygens (including phenoxy) is 1. The van der Waals surface area contributed by atoms with Crippen molar-refractivity contribution in [1.82, 2.24) is 15.2 Å². The minimum absolute atomic E-state index is 0.204. The number of pyridine rings is 1. The van der Waals surface area contributed by atoms with Crippen LogP contribution in [0.1, 0.15) is 10.5 Å². The number of carbonyl (C=O) groups is 2. The fourth-order valence-electron chi connectivity index (χ4n) is 2.15. The van der Waals surface area contributed by atoms with Gasteiger partial charge in [-0.25, -0.2) is 4.98 Å². The van der Waals surface area contributed by atoms with Gasteiger partial charge in [-0.3, -0.25) is 9.59 Å². The predicted molar refractivity (Wildman–Crippen MR) is 78.3 cm³/mol. The molecule has 0 aromatic carbocycles. The Morgan fingerprint density at radius 1 is 1.38 bits per heavy atom. The van der Waals surface area contributed by atoms with Gasteiger partial charge in [0.15, 0.2) is 0 Å². The maximum absolute atomic E-state index is 11.8. The summed E-state index contributed by atoms with van der Waals surface area (Å²) in [6, 6.07) is 3.60. The van der Waals surface area contributed by atoms with E-state index in [1.54, 1.807) is 24.3 Å². The van der Waals surface area contributed by atoms with E-state index < -0.39 is 0 Å². The Labute approximate surface area is 123 Å². The summed E-state index contributed by atoms with van der Waals surface area (Å²) < 4.78 is 4.87. The maximum atomic E-state index is 11.8. The van der Waals surface area contributed by atoms with Crippen LogP contribution in [0.2, 0.25) is 0 Å². The van der Waals surface area contributed by atoms with Crippen LogP contribution in [0.3, 0.4) is 0 Å². The Kier molecular flexibility index (Phi) is 5.51. The molecule has 1 aromatic heterocycles. The highest BCUT2D eigenvalue weighted by atomic mass is 16.5. The molecule has 0 unspecified atom stereocenters.